The van der Waals surface area contributed by atoms with Gasteiger partial charge in [0, 0.05) is 5.56 Å². The normalized spacial score (nSPS) is 14.5. The zero-order valence-corrected chi connectivity index (χ0v) is 9.94. The van der Waals surface area contributed by atoms with Crippen LogP contribution < -0.4 is 15.2 Å². The van der Waals surface area contributed by atoms with E-state index in [9.17, 15) is 4.79 Å². The summed E-state index contributed by atoms with van der Waals surface area (Å²) in [4.78, 5) is 11.4. The molecule has 4 nitrogen and oxygen atoms in total. The first-order valence-electron chi connectivity index (χ1n) is 5.78. The van der Waals surface area contributed by atoms with Gasteiger partial charge in [0.25, 0.3) is 0 Å². The molecule has 1 aromatic rings. The van der Waals surface area contributed by atoms with Gasteiger partial charge in [-0.3, -0.25) is 4.79 Å². The van der Waals surface area contributed by atoms with E-state index in [1.54, 1.807) is 25.3 Å². The van der Waals surface area contributed by atoms with E-state index in [0.717, 1.165) is 6.61 Å². The summed E-state index contributed by atoms with van der Waals surface area (Å²) < 4.78 is 10.9. The monoisotopic (exact) mass is 235 g/mol. The van der Waals surface area contributed by atoms with Crippen molar-refractivity contribution in [2.24, 2.45) is 11.7 Å². The minimum Gasteiger partial charge on any atom is -0.493 e. The molecule has 0 spiro atoms. The lowest BCUT2D eigenvalue weighted by Gasteiger charge is -2.11. The number of benzene rings is 1. The van der Waals surface area contributed by atoms with Crippen LogP contribution in [0.1, 0.15) is 23.2 Å². The van der Waals surface area contributed by atoms with Gasteiger partial charge in [0.15, 0.2) is 17.3 Å². The van der Waals surface area contributed by atoms with E-state index in [1.165, 1.54) is 12.8 Å². The smallest absolute Gasteiger partial charge is 0.176 e. The van der Waals surface area contributed by atoms with Gasteiger partial charge in [0.05, 0.1) is 20.3 Å². The topological polar surface area (TPSA) is 61.5 Å². The molecule has 17 heavy (non-hydrogen) atoms. The standard InChI is InChI=1S/C13H17NO3/c1-16-13-6-10(11(15)7-14)4-5-12(13)17-8-9-2-3-9/h4-6,9H,2-3,7-8,14H2,1H3. The number of hydrogen-bond acceptors (Lipinski definition) is 4. The molecule has 0 unspecified atom stereocenters. The van der Waals surface area contributed by atoms with Crippen LogP contribution in [-0.2, 0) is 0 Å². The van der Waals surface area contributed by atoms with Crippen LogP contribution in [0.5, 0.6) is 11.5 Å². The lowest BCUT2D eigenvalue weighted by atomic mass is 10.1. The van der Waals surface area contributed by atoms with Crippen molar-refractivity contribution in [3.63, 3.8) is 0 Å². The van der Waals surface area contributed by atoms with Crippen molar-refractivity contribution in [1.82, 2.24) is 0 Å². The average molecular weight is 235 g/mol. The molecule has 0 amide bonds. The molecule has 1 fully saturated rings. The largest absolute Gasteiger partial charge is 0.493 e. The van der Waals surface area contributed by atoms with Crippen molar-refractivity contribution >= 4 is 5.78 Å². The Bertz CT molecular complexity index is 413. The minimum absolute atomic E-state index is 0.00539. The molecule has 1 aliphatic rings. The maximum absolute atomic E-state index is 11.4. The first kappa shape index (κ1) is 11.9. The van der Waals surface area contributed by atoms with Crippen molar-refractivity contribution in [2.75, 3.05) is 20.3 Å². The Balaban J connectivity index is 2.11. The predicted molar refractivity (Wildman–Crippen MR) is 64.6 cm³/mol. The van der Waals surface area contributed by atoms with Crippen LogP contribution in [0.3, 0.4) is 0 Å². The summed E-state index contributed by atoms with van der Waals surface area (Å²) in [5.74, 6) is 1.86. The van der Waals surface area contributed by atoms with Gasteiger partial charge in [-0.1, -0.05) is 0 Å². The lowest BCUT2D eigenvalue weighted by Crippen LogP contribution is -2.13. The Kier molecular flexibility index (Phi) is 3.64. The molecule has 0 saturated heterocycles. The van der Waals surface area contributed by atoms with Crippen LogP contribution in [0.4, 0.5) is 0 Å². The van der Waals surface area contributed by atoms with Crippen LogP contribution in [0, 0.1) is 5.92 Å². The molecule has 1 aliphatic carbocycles. The quantitative estimate of drug-likeness (QED) is 0.761. The van der Waals surface area contributed by atoms with E-state index in [2.05, 4.69) is 0 Å². The number of ether oxygens (including phenoxy) is 2. The highest BCUT2D eigenvalue weighted by molar-refractivity contribution is 5.98. The molecule has 4 heteroatoms. The van der Waals surface area contributed by atoms with Gasteiger partial charge in [-0.2, -0.15) is 0 Å². The maximum Gasteiger partial charge on any atom is 0.176 e. The first-order valence-corrected chi connectivity index (χ1v) is 5.78. The average Bonchev–Trinajstić information content (AvgIpc) is 3.19. The van der Waals surface area contributed by atoms with E-state index < -0.39 is 0 Å². The first-order chi connectivity index (χ1) is 8.24. The van der Waals surface area contributed by atoms with Crippen molar-refractivity contribution < 1.29 is 14.3 Å². The fourth-order valence-electron chi connectivity index (χ4n) is 1.57. The third-order valence-electron chi connectivity index (χ3n) is 2.84. The van der Waals surface area contributed by atoms with Gasteiger partial charge in [0.2, 0.25) is 0 Å². The van der Waals surface area contributed by atoms with Crippen molar-refractivity contribution in [1.29, 1.82) is 0 Å². The third kappa shape index (κ3) is 2.97. The highest BCUT2D eigenvalue weighted by atomic mass is 16.5. The van der Waals surface area contributed by atoms with E-state index >= 15 is 0 Å². The molecule has 0 atom stereocenters. The Hall–Kier alpha value is -1.55. The number of nitrogens with two attached hydrogens (primary N) is 1. The van der Waals surface area contributed by atoms with Crippen molar-refractivity contribution in [3.05, 3.63) is 23.8 Å². The molecule has 92 valence electrons. The van der Waals surface area contributed by atoms with Crippen molar-refractivity contribution in [2.45, 2.75) is 12.8 Å². The number of Topliss-reactive ketones (excluding diaryl/α,β-unsaturated/α-hetero) is 1. The van der Waals surface area contributed by atoms with Crippen LogP contribution in [0.2, 0.25) is 0 Å². The molecular weight excluding hydrogens is 218 g/mol. The predicted octanol–water partition coefficient (Wildman–Crippen LogP) is 1.63. The van der Waals surface area contributed by atoms with Gasteiger partial charge >= 0.3 is 0 Å². The highest BCUT2D eigenvalue weighted by Gasteiger charge is 2.22. The summed E-state index contributed by atoms with van der Waals surface area (Å²) in [6, 6.07) is 5.17. The summed E-state index contributed by atoms with van der Waals surface area (Å²) in [7, 11) is 1.57. The summed E-state index contributed by atoms with van der Waals surface area (Å²) >= 11 is 0. The fourth-order valence-corrected chi connectivity index (χ4v) is 1.57. The van der Waals surface area contributed by atoms with Gasteiger partial charge in [0.1, 0.15) is 0 Å². The minimum atomic E-state index is -0.1000. The molecule has 0 aliphatic heterocycles. The lowest BCUT2D eigenvalue weighted by molar-refractivity contribution is 0.100. The van der Waals surface area contributed by atoms with Crippen LogP contribution in [0.25, 0.3) is 0 Å². The van der Waals surface area contributed by atoms with Gasteiger partial charge in [-0.15, -0.1) is 0 Å². The van der Waals surface area contributed by atoms with Crippen LogP contribution in [-0.4, -0.2) is 26.0 Å². The molecule has 2 N–H and O–H groups in total. The maximum atomic E-state index is 11.4. The van der Waals surface area contributed by atoms with E-state index in [-0.39, 0.29) is 12.3 Å². The molecule has 0 aromatic heterocycles. The van der Waals surface area contributed by atoms with Crippen molar-refractivity contribution in [3.8, 4) is 11.5 Å². The fraction of sp³-hybridized carbons (Fsp3) is 0.462. The Morgan fingerprint density at radius 1 is 1.41 bits per heavy atom. The molecule has 2 rings (SSSR count). The second kappa shape index (κ2) is 5.19. The Labute approximate surface area is 101 Å². The molecule has 1 saturated carbocycles. The number of carbonyl (C=O) groups excluding carboxylic acids is 1. The zero-order chi connectivity index (χ0) is 12.3. The number of ketones is 1. The zero-order valence-electron chi connectivity index (χ0n) is 9.94. The van der Waals surface area contributed by atoms with Gasteiger partial charge < -0.3 is 15.2 Å². The summed E-state index contributed by atoms with van der Waals surface area (Å²) in [5.41, 5.74) is 5.88. The summed E-state index contributed by atoms with van der Waals surface area (Å²) in [5, 5.41) is 0. The van der Waals surface area contributed by atoms with Crippen LogP contribution in [0.15, 0.2) is 18.2 Å². The molecule has 1 aromatic carbocycles. The Morgan fingerprint density at radius 3 is 2.76 bits per heavy atom. The SMILES string of the molecule is COc1cc(C(=O)CN)ccc1OCC1CC1. The number of carbonyl (C=O) groups is 1. The van der Waals surface area contributed by atoms with E-state index in [0.29, 0.717) is 23.0 Å². The molecule has 0 radical (unpaired) electrons. The van der Waals surface area contributed by atoms with Gasteiger partial charge in [-0.25, -0.2) is 0 Å². The third-order valence-corrected chi connectivity index (χ3v) is 2.84. The summed E-state index contributed by atoms with van der Waals surface area (Å²) in [6.45, 7) is 0.728. The number of rotatable bonds is 6. The summed E-state index contributed by atoms with van der Waals surface area (Å²) in [6.07, 6.45) is 2.48. The highest BCUT2D eigenvalue weighted by Crippen LogP contribution is 2.33. The molecule has 0 bridgehead atoms. The Morgan fingerprint density at radius 2 is 2.18 bits per heavy atom. The van der Waals surface area contributed by atoms with E-state index in [4.69, 9.17) is 15.2 Å². The molecular formula is C13H17NO3. The van der Waals surface area contributed by atoms with Crippen LogP contribution >= 0.6 is 0 Å². The number of hydrogen-bond donors (Lipinski definition) is 1. The second-order valence-corrected chi connectivity index (χ2v) is 4.25. The number of methoxy groups -OCH3 is 1. The second-order valence-electron chi connectivity index (χ2n) is 4.25. The van der Waals surface area contributed by atoms with E-state index in [1.807, 2.05) is 0 Å². The molecule has 0 heterocycles. The van der Waals surface area contributed by atoms with Gasteiger partial charge in [-0.05, 0) is 37.0 Å².